The molecule has 0 amide bonds. The van der Waals surface area contributed by atoms with Crippen LogP contribution >= 0.6 is 0 Å². The largest absolute Gasteiger partial charge is 0.324 e. The van der Waals surface area contributed by atoms with E-state index in [0.717, 1.165) is 11.4 Å². The summed E-state index contributed by atoms with van der Waals surface area (Å²) in [5.74, 6) is 0.909. The van der Waals surface area contributed by atoms with Crippen LogP contribution in [-0.2, 0) is 13.5 Å². The van der Waals surface area contributed by atoms with Crippen molar-refractivity contribution in [1.29, 1.82) is 0 Å². The molecule has 78 valence electrons. The van der Waals surface area contributed by atoms with E-state index in [1.807, 2.05) is 37.4 Å². The smallest absolute Gasteiger partial charge is 0.138 e. The monoisotopic (exact) mass is 202 g/mol. The molecule has 2 N–H and O–H groups in total. The lowest BCUT2D eigenvalue weighted by Crippen LogP contribution is -2.15. The standard InChI is InChI=1S/C11H14N4/c1-15-11(13-8-14-15)7-10(12)9-5-3-2-4-6-9/h2-6,8,10H,7,12H2,1H3. The van der Waals surface area contributed by atoms with Gasteiger partial charge in [0.1, 0.15) is 12.2 Å². The zero-order valence-electron chi connectivity index (χ0n) is 8.67. The molecule has 0 fully saturated rings. The lowest BCUT2D eigenvalue weighted by molar-refractivity contribution is 0.629. The maximum Gasteiger partial charge on any atom is 0.138 e. The number of hydrogen-bond acceptors (Lipinski definition) is 3. The Morgan fingerprint density at radius 3 is 2.67 bits per heavy atom. The van der Waals surface area contributed by atoms with Gasteiger partial charge in [-0.25, -0.2) is 4.98 Å². The first-order chi connectivity index (χ1) is 7.27. The lowest BCUT2D eigenvalue weighted by atomic mass is 10.0. The highest BCUT2D eigenvalue weighted by atomic mass is 15.3. The predicted molar refractivity (Wildman–Crippen MR) is 58.1 cm³/mol. The summed E-state index contributed by atoms with van der Waals surface area (Å²) in [5, 5.41) is 4.01. The summed E-state index contributed by atoms with van der Waals surface area (Å²) >= 11 is 0. The van der Waals surface area contributed by atoms with Crippen molar-refractivity contribution in [2.75, 3.05) is 0 Å². The molecule has 1 heterocycles. The quantitative estimate of drug-likeness (QED) is 0.809. The minimum absolute atomic E-state index is 0.0194. The summed E-state index contributed by atoms with van der Waals surface area (Å²) in [5.41, 5.74) is 7.20. The van der Waals surface area contributed by atoms with Gasteiger partial charge in [0.15, 0.2) is 0 Å². The van der Waals surface area contributed by atoms with Crippen molar-refractivity contribution in [3.63, 3.8) is 0 Å². The number of nitrogens with two attached hydrogens (primary N) is 1. The van der Waals surface area contributed by atoms with Crippen LogP contribution in [0.5, 0.6) is 0 Å². The minimum atomic E-state index is -0.0194. The van der Waals surface area contributed by atoms with E-state index >= 15 is 0 Å². The molecule has 1 aromatic heterocycles. The average Bonchev–Trinajstić information content (AvgIpc) is 2.66. The second kappa shape index (κ2) is 4.23. The summed E-state index contributed by atoms with van der Waals surface area (Å²) in [6.07, 6.45) is 2.26. The second-order valence-corrected chi connectivity index (χ2v) is 3.52. The maximum atomic E-state index is 6.07. The Hall–Kier alpha value is -1.68. The van der Waals surface area contributed by atoms with Crippen LogP contribution in [0.3, 0.4) is 0 Å². The van der Waals surface area contributed by atoms with Crippen LogP contribution in [0.2, 0.25) is 0 Å². The fourth-order valence-corrected chi connectivity index (χ4v) is 1.52. The molecule has 0 aliphatic carbocycles. The van der Waals surface area contributed by atoms with E-state index in [4.69, 9.17) is 5.73 Å². The predicted octanol–water partition coefficient (Wildman–Crippen LogP) is 1.06. The molecule has 1 atom stereocenters. The Balaban J connectivity index is 2.11. The number of nitrogens with zero attached hydrogens (tertiary/aromatic N) is 3. The van der Waals surface area contributed by atoms with E-state index in [1.165, 1.54) is 0 Å². The van der Waals surface area contributed by atoms with Gasteiger partial charge in [-0.05, 0) is 5.56 Å². The van der Waals surface area contributed by atoms with Gasteiger partial charge in [0.05, 0.1) is 0 Å². The van der Waals surface area contributed by atoms with Gasteiger partial charge in [-0.2, -0.15) is 5.10 Å². The topological polar surface area (TPSA) is 56.7 Å². The Bertz CT molecular complexity index is 421. The van der Waals surface area contributed by atoms with Gasteiger partial charge in [-0.3, -0.25) is 4.68 Å². The van der Waals surface area contributed by atoms with Crippen LogP contribution in [-0.4, -0.2) is 14.8 Å². The van der Waals surface area contributed by atoms with Crippen LogP contribution in [0.1, 0.15) is 17.4 Å². The Labute approximate surface area is 88.8 Å². The van der Waals surface area contributed by atoms with Crippen molar-refractivity contribution in [1.82, 2.24) is 14.8 Å². The molecule has 4 heteroatoms. The Morgan fingerprint density at radius 2 is 2.07 bits per heavy atom. The van der Waals surface area contributed by atoms with E-state index in [1.54, 1.807) is 11.0 Å². The van der Waals surface area contributed by atoms with Crippen LogP contribution in [0.4, 0.5) is 0 Å². The average molecular weight is 202 g/mol. The summed E-state index contributed by atoms with van der Waals surface area (Å²) in [6, 6.07) is 10.0. The van der Waals surface area contributed by atoms with Gasteiger partial charge in [0, 0.05) is 19.5 Å². The molecule has 0 saturated carbocycles. The molecule has 0 spiro atoms. The van der Waals surface area contributed by atoms with Gasteiger partial charge in [0.2, 0.25) is 0 Å². The lowest BCUT2D eigenvalue weighted by Gasteiger charge is -2.10. The fourth-order valence-electron chi connectivity index (χ4n) is 1.52. The molecular formula is C11H14N4. The van der Waals surface area contributed by atoms with Crippen molar-refractivity contribution >= 4 is 0 Å². The van der Waals surface area contributed by atoms with Crippen LogP contribution in [0, 0.1) is 0 Å². The third-order valence-corrected chi connectivity index (χ3v) is 2.44. The van der Waals surface area contributed by atoms with Gasteiger partial charge in [-0.15, -0.1) is 0 Å². The molecule has 1 unspecified atom stereocenters. The highest BCUT2D eigenvalue weighted by Crippen LogP contribution is 2.13. The van der Waals surface area contributed by atoms with Crippen LogP contribution < -0.4 is 5.73 Å². The number of benzene rings is 1. The van der Waals surface area contributed by atoms with E-state index in [0.29, 0.717) is 6.42 Å². The zero-order valence-corrected chi connectivity index (χ0v) is 8.67. The number of aromatic nitrogens is 3. The highest BCUT2D eigenvalue weighted by Gasteiger charge is 2.09. The number of aryl methyl sites for hydroxylation is 1. The first-order valence-electron chi connectivity index (χ1n) is 4.91. The fraction of sp³-hybridized carbons (Fsp3) is 0.273. The number of hydrogen-bond donors (Lipinski definition) is 1. The molecule has 2 rings (SSSR count). The number of rotatable bonds is 3. The molecule has 0 aliphatic heterocycles. The first-order valence-corrected chi connectivity index (χ1v) is 4.91. The molecule has 0 bridgehead atoms. The Morgan fingerprint density at radius 1 is 1.33 bits per heavy atom. The summed E-state index contributed by atoms with van der Waals surface area (Å²) in [6.45, 7) is 0. The van der Waals surface area contributed by atoms with Crippen molar-refractivity contribution in [2.45, 2.75) is 12.5 Å². The normalized spacial score (nSPS) is 12.7. The third-order valence-electron chi connectivity index (χ3n) is 2.44. The van der Waals surface area contributed by atoms with Crippen LogP contribution in [0.15, 0.2) is 36.7 Å². The molecule has 0 aliphatic rings. The van der Waals surface area contributed by atoms with Crippen molar-refractivity contribution in [3.05, 3.63) is 48.0 Å². The van der Waals surface area contributed by atoms with Gasteiger partial charge >= 0.3 is 0 Å². The van der Waals surface area contributed by atoms with E-state index in [9.17, 15) is 0 Å². The van der Waals surface area contributed by atoms with Crippen LogP contribution in [0.25, 0.3) is 0 Å². The third kappa shape index (κ3) is 2.22. The van der Waals surface area contributed by atoms with E-state index < -0.39 is 0 Å². The molecule has 15 heavy (non-hydrogen) atoms. The van der Waals surface area contributed by atoms with E-state index in [-0.39, 0.29) is 6.04 Å². The second-order valence-electron chi connectivity index (χ2n) is 3.52. The molecule has 0 radical (unpaired) electrons. The van der Waals surface area contributed by atoms with E-state index in [2.05, 4.69) is 10.1 Å². The first kappa shape index (κ1) is 9.86. The highest BCUT2D eigenvalue weighted by molar-refractivity contribution is 5.19. The summed E-state index contributed by atoms with van der Waals surface area (Å²) in [7, 11) is 1.88. The molecule has 2 aromatic rings. The summed E-state index contributed by atoms with van der Waals surface area (Å²) < 4.78 is 1.75. The maximum absolute atomic E-state index is 6.07. The molecule has 1 aromatic carbocycles. The van der Waals surface area contributed by atoms with Crippen molar-refractivity contribution < 1.29 is 0 Å². The molecular weight excluding hydrogens is 188 g/mol. The van der Waals surface area contributed by atoms with Crippen molar-refractivity contribution in [3.8, 4) is 0 Å². The van der Waals surface area contributed by atoms with Gasteiger partial charge in [0.25, 0.3) is 0 Å². The zero-order chi connectivity index (χ0) is 10.7. The minimum Gasteiger partial charge on any atom is -0.324 e. The van der Waals surface area contributed by atoms with Crippen molar-refractivity contribution in [2.24, 2.45) is 12.8 Å². The summed E-state index contributed by atoms with van der Waals surface area (Å²) in [4.78, 5) is 4.15. The molecule has 0 saturated heterocycles. The Kier molecular flexibility index (Phi) is 2.78. The van der Waals surface area contributed by atoms with Gasteiger partial charge < -0.3 is 5.73 Å². The molecule has 4 nitrogen and oxygen atoms in total. The SMILES string of the molecule is Cn1ncnc1CC(N)c1ccccc1. The van der Waals surface area contributed by atoms with Gasteiger partial charge in [-0.1, -0.05) is 30.3 Å².